The van der Waals surface area contributed by atoms with Gasteiger partial charge in [0.15, 0.2) is 0 Å². The molecule has 1 N–H and O–H groups in total. The summed E-state index contributed by atoms with van der Waals surface area (Å²) in [5.74, 6) is 0.626. The molecule has 6 heteroatoms. The van der Waals surface area contributed by atoms with Crippen LogP contribution in [0.25, 0.3) is 0 Å². The lowest BCUT2D eigenvalue weighted by Crippen LogP contribution is -2.23. The minimum Gasteiger partial charge on any atom is -0.497 e. The van der Waals surface area contributed by atoms with Crippen LogP contribution in [0.4, 0.5) is 0 Å². The second-order valence-corrected chi connectivity index (χ2v) is 6.99. The number of rotatable bonds is 6. The van der Waals surface area contributed by atoms with Gasteiger partial charge in [0.2, 0.25) is 10.0 Å². The molecular formula is C15H17NO3S2. The summed E-state index contributed by atoms with van der Waals surface area (Å²) in [6, 6.07) is 14.1. The largest absolute Gasteiger partial charge is 0.497 e. The van der Waals surface area contributed by atoms with Gasteiger partial charge >= 0.3 is 0 Å². The van der Waals surface area contributed by atoms with E-state index < -0.39 is 10.0 Å². The van der Waals surface area contributed by atoms with Crippen LogP contribution in [-0.2, 0) is 16.6 Å². The smallest absolute Gasteiger partial charge is 0.240 e. The van der Waals surface area contributed by atoms with Crippen molar-refractivity contribution in [2.24, 2.45) is 0 Å². The zero-order valence-corrected chi connectivity index (χ0v) is 13.5. The van der Waals surface area contributed by atoms with Crippen LogP contribution in [0.1, 0.15) is 5.56 Å². The maximum atomic E-state index is 12.2. The molecule has 0 fully saturated rings. The summed E-state index contributed by atoms with van der Waals surface area (Å²) in [6.07, 6.45) is 2.00. The van der Waals surface area contributed by atoms with Gasteiger partial charge in [-0.05, 0) is 48.2 Å². The molecule has 0 atom stereocenters. The summed E-state index contributed by atoms with van der Waals surface area (Å²) < 4.78 is 32.0. The number of hydrogen-bond donors (Lipinski definition) is 1. The fraction of sp³-hybridized carbons (Fsp3) is 0.200. The third kappa shape index (κ3) is 4.23. The van der Waals surface area contributed by atoms with E-state index in [9.17, 15) is 8.42 Å². The van der Waals surface area contributed by atoms with Gasteiger partial charge in [0.05, 0.1) is 12.0 Å². The molecule has 0 heterocycles. The van der Waals surface area contributed by atoms with Gasteiger partial charge in [-0.15, -0.1) is 11.8 Å². The third-order valence-electron chi connectivity index (χ3n) is 3.00. The number of hydrogen-bond acceptors (Lipinski definition) is 4. The van der Waals surface area contributed by atoms with Gasteiger partial charge in [-0.3, -0.25) is 0 Å². The fourth-order valence-corrected chi connectivity index (χ4v) is 3.19. The molecule has 0 aliphatic rings. The predicted molar refractivity (Wildman–Crippen MR) is 85.2 cm³/mol. The molecule has 0 amide bonds. The quantitative estimate of drug-likeness (QED) is 0.831. The molecule has 0 aliphatic heterocycles. The van der Waals surface area contributed by atoms with E-state index in [1.54, 1.807) is 31.0 Å². The van der Waals surface area contributed by atoms with Crippen LogP contribution in [0.15, 0.2) is 58.3 Å². The predicted octanol–water partition coefficient (Wildman–Crippen LogP) is 2.90. The monoisotopic (exact) mass is 323 g/mol. The molecule has 0 radical (unpaired) electrons. The normalized spacial score (nSPS) is 11.3. The van der Waals surface area contributed by atoms with Crippen molar-refractivity contribution in [3.8, 4) is 5.75 Å². The van der Waals surface area contributed by atoms with Crippen molar-refractivity contribution in [2.75, 3.05) is 13.4 Å². The number of ether oxygens (including phenoxy) is 1. The Morgan fingerprint density at radius 1 is 1.05 bits per heavy atom. The van der Waals surface area contributed by atoms with Crippen LogP contribution < -0.4 is 9.46 Å². The van der Waals surface area contributed by atoms with Crippen LogP contribution in [0, 0.1) is 0 Å². The Morgan fingerprint density at radius 3 is 2.19 bits per heavy atom. The Morgan fingerprint density at radius 2 is 1.67 bits per heavy atom. The molecule has 0 spiro atoms. The Kier molecular flexibility index (Phi) is 5.27. The highest BCUT2D eigenvalue weighted by Gasteiger charge is 2.13. The van der Waals surface area contributed by atoms with Gasteiger partial charge in [-0.25, -0.2) is 13.1 Å². The second kappa shape index (κ2) is 6.98. The van der Waals surface area contributed by atoms with Crippen LogP contribution in [-0.4, -0.2) is 21.8 Å². The van der Waals surface area contributed by atoms with Crippen LogP contribution in [0.3, 0.4) is 0 Å². The first-order chi connectivity index (χ1) is 10.0. The van der Waals surface area contributed by atoms with E-state index in [2.05, 4.69) is 4.72 Å². The standard InChI is InChI=1S/C15H17NO3S2/c1-19-13-5-9-15(10-6-13)21(17,18)16-11-12-3-7-14(20-2)8-4-12/h3-10,16H,11H2,1-2H3. The van der Waals surface area contributed by atoms with Gasteiger partial charge in [0, 0.05) is 11.4 Å². The van der Waals surface area contributed by atoms with Gasteiger partial charge < -0.3 is 4.74 Å². The summed E-state index contributed by atoms with van der Waals surface area (Å²) in [5.41, 5.74) is 0.921. The lowest BCUT2D eigenvalue weighted by molar-refractivity contribution is 0.414. The van der Waals surface area contributed by atoms with Crippen LogP contribution >= 0.6 is 11.8 Å². The van der Waals surface area contributed by atoms with E-state index in [0.29, 0.717) is 5.75 Å². The maximum Gasteiger partial charge on any atom is 0.240 e. The summed E-state index contributed by atoms with van der Waals surface area (Å²) in [7, 11) is -1.97. The van der Waals surface area contributed by atoms with Crippen molar-refractivity contribution < 1.29 is 13.2 Å². The highest BCUT2D eigenvalue weighted by molar-refractivity contribution is 7.98. The zero-order chi connectivity index (χ0) is 15.3. The van der Waals surface area contributed by atoms with E-state index in [1.165, 1.54) is 12.1 Å². The van der Waals surface area contributed by atoms with Crippen molar-refractivity contribution in [1.82, 2.24) is 4.72 Å². The summed E-state index contributed by atoms with van der Waals surface area (Å²) >= 11 is 1.65. The zero-order valence-electron chi connectivity index (χ0n) is 11.9. The van der Waals surface area contributed by atoms with E-state index in [0.717, 1.165) is 10.5 Å². The van der Waals surface area contributed by atoms with Crippen molar-refractivity contribution >= 4 is 21.8 Å². The van der Waals surface area contributed by atoms with Crippen molar-refractivity contribution in [2.45, 2.75) is 16.3 Å². The number of sulfonamides is 1. The first kappa shape index (κ1) is 15.9. The van der Waals surface area contributed by atoms with E-state index in [4.69, 9.17) is 4.74 Å². The van der Waals surface area contributed by atoms with Crippen LogP contribution in [0.5, 0.6) is 5.75 Å². The summed E-state index contributed by atoms with van der Waals surface area (Å²) in [4.78, 5) is 1.38. The van der Waals surface area contributed by atoms with Crippen molar-refractivity contribution in [1.29, 1.82) is 0 Å². The molecule has 21 heavy (non-hydrogen) atoms. The minimum absolute atomic E-state index is 0.226. The first-order valence-corrected chi connectivity index (χ1v) is 9.02. The number of benzene rings is 2. The van der Waals surface area contributed by atoms with Crippen molar-refractivity contribution in [3.05, 3.63) is 54.1 Å². The average molecular weight is 323 g/mol. The molecule has 0 saturated heterocycles. The number of nitrogens with one attached hydrogen (secondary N) is 1. The number of methoxy groups -OCH3 is 1. The molecule has 112 valence electrons. The highest BCUT2D eigenvalue weighted by atomic mass is 32.2. The Hall–Kier alpha value is -1.50. The molecule has 0 aromatic heterocycles. The van der Waals surface area contributed by atoms with Gasteiger partial charge in [0.1, 0.15) is 5.75 Å². The fourth-order valence-electron chi connectivity index (χ4n) is 1.76. The Balaban J connectivity index is 2.05. The molecule has 0 bridgehead atoms. The van der Waals surface area contributed by atoms with Crippen molar-refractivity contribution in [3.63, 3.8) is 0 Å². The molecule has 4 nitrogen and oxygen atoms in total. The van der Waals surface area contributed by atoms with Gasteiger partial charge in [-0.1, -0.05) is 12.1 Å². The van der Waals surface area contributed by atoms with Crippen LogP contribution in [0.2, 0.25) is 0 Å². The van der Waals surface area contributed by atoms with Gasteiger partial charge in [-0.2, -0.15) is 0 Å². The highest BCUT2D eigenvalue weighted by Crippen LogP contribution is 2.17. The lowest BCUT2D eigenvalue weighted by Gasteiger charge is -2.08. The molecule has 0 unspecified atom stereocenters. The third-order valence-corrected chi connectivity index (χ3v) is 5.16. The SMILES string of the molecule is COc1ccc(S(=O)(=O)NCc2ccc(SC)cc2)cc1. The Bertz CT molecular complexity index is 680. The van der Waals surface area contributed by atoms with E-state index in [-0.39, 0.29) is 11.4 Å². The van der Waals surface area contributed by atoms with Gasteiger partial charge in [0.25, 0.3) is 0 Å². The summed E-state index contributed by atoms with van der Waals surface area (Å²) in [5, 5.41) is 0. The molecular weight excluding hydrogens is 306 g/mol. The molecule has 2 rings (SSSR count). The molecule has 0 aliphatic carbocycles. The number of thioether (sulfide) groups is 1. The molecule has 2 aromatic carbocycles. The average Bonchev–Trinajstić information content (AvgIpc) is 2.53. The Labute approximate surface area is 129 Å². The minimum atomic E-state index is -3.51. The lowest BCUT2D eigenvalue weighted by atomic mass is 10.2. The van der Waals surface area contributed by atoms with E-state index >= 15 is 0 Å². The molecule has 2 aromatic rings. The van der Waals surface area contributed by atoms with E-state index in [1.807, 2.05) is 30.5 Å². The molecule has 0 saturated carbocycles. The topological polar surface area (TPSA) is 55.4 Å². The second-order valence-electron chi connectivity index (χ2n) is 4.35. The summed E-state index contributed by atoms with van der Waals surface area (Å²) in [6.45, 7) is 0.267. The maximum absolute atomic E-state index is 12.2. The first-order valence-electron chi connectivity index (χ1n) is 6.32.